The number of H-pyrrole nitrogens is 2. The van der Waals surface area contributed by atoms with Gasteiger partial charge in [0.1, 0.15) is 5.60 Å². The number of rotatable bonds is 5. The zero-order chi connectivity index (χ0) is 31.4. The highest BCUT2D eigenvalue weighted by Crippen LogP contribution is 2.31. The molecule has 0 atom stereocenters. The summed E-state index contributed by atoms with van der Waals surface area (Å²) in [6, 6.07) is 20.0. The molecule has 11 heteroatoms. The predicted molar refractivity (Wildman–Crippen MR) is 176 cm³/mol. The fraction of sp³-hybridized carbons (Fsp3) is 0.182. The van der Waals surface area contributed by atoms with E-state index in [1.165, 1.54) is 5.56 Å². The lowest BCUT2D eigenvalue weighted by molar-refractivity contribution is 0.0636. The Morgan fingerprint density at radius 3 is 2.36 bits per heavy atom. The second-order valence-electron chi connectivity index (χ2n) is 11.0. The van der Waals surface area contributed by atoms with E-state index in [1.807, 2.05) is 74.2 Å². The number of primary amides is 1. The highest BCUT2D eigenvalue weighted by atomic mass is 79.9. The molecule has 0 bridgehead atoms. The molecule has 226 valence electrons. The van der Waals surface area contributed by atoms with Gasteiger partial charge in [0.15, 0.2) is 5.75 Å². The fourth-order valence-corrected chi connectivity index (χ4v) is 4.94. The Hall–Kier alpha value is -5.03. The first kappa shape index (κ1) is 30.4. The maximum atomic E-state index is 11.7. The summed E-state index contributed by atoms with van der Waals surface area (Å²) in [5.74, 6) is 0.414. The van der Waals surface area contributed by atoms with Crippen molar-refractivity contribution >= 4 is 55.6 Å². The summed E-state index contributed by atoms with van der Waals surface area (Å²) < 4.78 is 13.1. The maximum absolute atomic E-state index is 11.7. The molecule has 0 fully saturated rings. The Bertz CT molecular complexity index is 1930. The lowest BCUT2D eigenvalue weighted by Gasteiger charge is -2.19. The highest BCUT2D eigenvalue weighted by molar-refractivity contribution is 9.10. The minimum atomic E-state index is -0.834. The number of hydrogen-bond donors (Lipinski definition) is 4. The molecule has 5 N–H and O–H groups in total. The SMILES string of the molecule is CC(C)(C)OC(=O)Nc1c[nH]c2ccc(Br)cc12.CCc1ccc(-n2cc(-c3ccc4[nH]cc(OC(N)=O)c4c3)cn2)cc1. The summed E-state index contributed by atoms with van der Waals surface area (Å²) in [4.78, 5) is 28.9. The van der Waals surface area contributed by atoms with Crippen LogP contribution in [0.4, 0.5) is 15.3 Å². The quantitative estimate of drug-likeness (QED) is 0.148. The van der Waals surface area contributed by atoms with E-state index < -0.39 is 17.8 Å². The number of nitrogens with two attached hydrogens (primary N) is 1. The summed E-state index contributed by atoms with van der Waals surface area (Å²) in [6.07, 6.45) is 6.89. The molecule has 0 unspecified atom stereocenters. The Kier molecular flexibility index (Phi) is 8.77. The van der Waals surface area contributed by atoms with Crippen molar-refractivity contribution in [3.63, 3.8) is 0 Å². The van der Waals surface area contributed by atoms with Crippen LogP contribution in [0.3, 0.4) is 0 Å². The average molecular weight is 658 g/mol. The van der Waals surface area contributed by atoms with Crippen molar-refractivity contribution in [1.82, 2.24) is 19.7 Å². The van der Waals surface area contributed by atoms with Crippen LogP contribution in [0.25, 0.3) is 38.6 Å². The van der Waals surface area contributed by atoms with E-state index in [9.17, 15) is 9.59 Å². The summed E-state index contributed by atoms with van der Waals surface area (Å²) >= 11 is 3.41. The van der Waals surface area contributed by atoms with Gasteiger partial charge in [0, 0.05) is 50.4 Å². The minimum absolute atomic E-state index is 0.414. The van der Waals surface area contributed by atoms with Gasteiger partial charge >= 0.3 is 12.2 Å². The van der Waals surface area contributed by atoms with Crippen molar-refractivity contribution in [1.29, 1.82) is 0 Å². The van der Waals surface area contributed by atoms with E-state index in [0.29, 0.717) is 11.4 Å². The summed E-state index contributed by atoms with van der Waals surface area (Å²) in [5.41, 5.74) is 11.4. The van der Waals surface area contributed by atoms with Crippen LogP contribution in [-0.4, -0.2) is 37.5 Å². The number of halogens is 1. The van der Waals surface area contributed by atoms with Gasteiger partial charge in [0.05, 0.1) is 17.6 Å². The number of fused-ring (bicyclic) bond motifs is 2. The van der Waals surface area contributed by atoms with Crippen molar-refractivity contribution in [2.45, 2.75) is 39.7 Å². The molecule has 0 saturated heterocycles. The van der Waals surface area contributed by atoms with Crippen LogP contribution in [0, 0.1) is 0 Å². The van der Waals surface area contributed by atoms with Gasteiger partial charge in [-0.25, -0.2) is 14.3 Å². The Morgan fingerprint density at radius 2 is 1.66 bits per heavy atom. The van der Waals surface area contributed by atoms with E-state index in [1.54, 1.807) is 12.4 Å². The standard InChI is InChI=1S/C20H18N4O2.C13H15BrN2O2/c1-2-13-3-6-16(7-4-13)24-12-15(10-23-24)14-5-8-18-17(9-14)19(11-22-18)26-20(21)25;1-13(2,3)18-12(17)16-11-7-15-10-5-4-8(14)6-9(10)11/h3-12,22H,2H2,1H3,(H2,21,25);4-7,15H,1-3H3,(H,16,17). The van der Waals surface area contributed by atoms with Crippen LogP contribution in [-0.2, 0) is 11.2 Å². The molecule has 3 heterocycles. The molecular formula is C33H33BrN6O4. The third-order valence-electron chi connectivity index (χ3n) is 6.66. The second kappa shape index (κ2) is 12.7. The van der Waals surface area contributed by atoms with E-state index in [4.69, 9.17) is 15.2 Å². The maximum Gasteiger partial charge on any atom is 0.412 e. The number of amides is 2. The number of carbonyl (C=O) groups is 2. The first-order valence-corrected chi connectivity index (χ1v) is 14.8. The zero-order valence-corrected chi connectivity index (χ0v) is 26.4. The Labute approximate surface area is 262 Å². The van der Waals surface area contributed by atoms with Gasteiger partial charge < -0.3 is 25.2 Å². The lowest BCUT2D eigenvalue weighted by Crippen LogP contribution is -2.27. The van der Waals surface area contributed by atoms with Gasteiger partial charge in [-0.3, -0.25) is 5.32 Å². The summed E-state index contributed by atoms with van der Waals surface area (Å²) in [6.45, 7) is 7.63. The molecule has 0 aliphatic carbocycles. The predicted octanol–water partition coefficient (Wildman–Crippen LogP) is 8.32. The zero-order valence-electron chi connectivity index (χ0n) is 24.8. The Morgan fingerprint density at radius 1 is 0.955 bits per heavy atom. The van der Waals surface area contributed by atoms with Crippen LogP contribution in [0.15, 0.2) is 89.9 Å². The molecule has 0 aliphatic heterocycles. The molecule has 44 heavy (non-hydrogen) atoms. The number of aryl methyl sites for hydroxylation is 1. The van der Waals surface area contributed by atoms with E-state index in [-0.39, 0.29) is 0 Å². The molecular weight excluding hydrogens is 624 g/mol. The number of nitrogens with one attached hydrogen (secondary N) is 3. The topological polar surface area (TPSA) is 140 Å². The van der Waals surface area contributed by atoms with Gasteiger partial charge in [0.2, 0.25) is 0 Å². The number of carbonyl (C=O) groups excluding carboxylic acids is 2. The van der Waals surface area contributed by atoms with Crippen molar-refractivity contribution in [3.8, 4) is 22.6 Å². The van der Waals surface area contributed by atoms with Crippen LogP contribution in [0.1, 0.15) is 33.3 Å². The van der Waals surface area contributed by atoms with Crippen LogP contribution in [0.5, 0.6) is 5.75 Å². The average Bonchev–Trinajstić information content (AvgIpc) is 3.72. The van der Waals surface area contributed by atoms with Gasteiger partial charge in [-0.15, -0.1) is 0 Å². The highest BCUT2D eigenvalue weighted by Gasteiger charge is 2.17. The fourth-order valence-electron chi connectivity index (χ4n) is 4.57. The van der Waals surface area contributed by atoms with Crippen LogP contribution < -0.4 is 15.8 Å². The molecule has 6 aromatic rings. The monoisotopic (exact) mass is 656 g/mol. The van der Waals surface area contributed by atoms with Crippen molar-refractivity contribution in [2.75, 3.05) is 5.32 Å². The molecule has 0 aliphatic rings. The van der Waals surface area contributed by atoms with E-state index in [0.717, 1.165) is 49.5 Å². The molecule has 2 amide bonds. The normalized spacial score (nSPS) is 11.2. The summed E-state index contributed by atoms with van der Waals surface area (Å²) in [5, 5.41) is 8.93. The van der Waals surface area contributed by atoms with Crippen molar-refractivity contribution in [2.24, 2.45) is 5.73 Å². The first-order valence-electron chi connectivity index (χ1n) is 14.0. The number of benzene rings is 3. The molecule has 0 radical (unpaired) electrons. The van der Waals surface area contributed by atoms with Gasteiger partial charge in [-0.05, 0) is 80.8 Å². The van der Waals surface area contributed by atoms with Crippen LogP contribution >= 0.6 is 15.9 Å². The number of aromatic nitrogens is 4. The molecule has 0 spiro atoms. The van der Waals surface area contributed by atoms with Gasteiger partial charge in [-0.1, -0.05) is 41.1 Å². The molecule has 0 saturated carbocycles. The van der Waals surface area contributed by atoms with Gasteiger partial charge in [0.25, 0.3) is 0 Å². The van der Waals surface area contributed by atoms with Crippen molar-refractivity contribution in [3.05, 3.63) is 95.5 Å². The Balaban J connectivity index is 0.000000187. The summed E-state index contributed by atoms with van der Waals surface area (Å²) in [7, 11) is 0. The van der Waals surface area contributed by atoms with Crippen LogP contribution in [0.2, 0.25) is 0 Å². The molecule has 3 aromatic carbocycles. The third-order valence-corrected chi connectivity index (χ3v) is 7.15. The number of ether oxygens (including phenoxy) is 2. The van der Waals surface area contributed by atoms with Crippen molar-refractivity contribution < 1.29 is 19.1 Å². The largest absolute Gasteiger partial charge is 0.444 e. The number of nitrogens with zero attached hydrogens (tertiary/aromatic N) is 2. The number of hydrogen-bond acceptors (Lipinski definition) is 5. The smallest absolute Gasteiger partial charge is 0.412 e. The first-order chi connectivity index (χ1) is 21.0. The van der Waals surface area contributed by atoms with E-state index in [2.05, 4.69) is 67.5 Å². The molecule has 6 rings (SSSR count). The second-order valence-corrected chi connectivity index (χ2v) is 12.0. The van der Waals surface area contributed by atoms with E-state index >= 15 is 0 Å². The lowest BCUT2D eigenvalue weighted by atomic mass is 10.1. The molecule has 10 nitrogen and oxygen atoms in total. The number of aromatic amines is 2. The van der Waals surface area contributed by atoms with Gasteiger partial charge in [-0.2, -0.15) is 5.10 Å². The molecule has 3 aromatic heterocycles. The third kappa shape index (κ3) is 7.30. The minimum Gasteiger partial charge on any atom is -0.444 e. The number of anilines is 1.